The average Bonchev–Trinajstić information content (AvgIpc) is 3.22. The lowest BCUT2D eigenvalue weighted by atomic mass is 10.3. The normalized spacial score (nSPS) is 15.0. The number of nitrogens with one attached hydrogen (secondary N) is 1. The number of halogens is 2. The van der Waals surface area contributed by atoms with Gasteiger partial charge in [0.25, 0.3) is 0 Å². The quantitative estimate of drug-likeness (QED) is 0.760. The van der Waals surface area contributed by atoms with E-state index < -0.39 is 9.84 Å². The number of hydrogen-bond donors (Lipinski definition) is 1. The number of anilines is 2. The highest BCUT2D eigenvalue weighted by Crippen LogP contribution is 2.37. The molecule has 2 aromatic heterocycles. The van der Waals surface area contributed by atoms with Gasteiger partial charge < -0.3 is 5.32 Å². The highest BCUT2D eigenvalue weighted by molar-refractivity contribution is 7.91. The lowest BCUT2D eigenvalue weighted by Gasteiger charge is -2.09. The molecule has 7 nitrogen and oxygen atoms in total. The zero-order valence-electron chi connectivity index (χ0n) is 13.2. The third kappa shape index (κ3) is 3.81. The molecule has 1 aliphatic rings. The van der Waals surface area contributed by atoms with Crippen molar-refractivity contribution in [2.45, 2.75) is 37.8 Å². The maximum absolute atomic E-state index is 12.7. The molecule has 0 amide bonds. The van der Waals surface area contributed by atoms with Crippen LogP contribution in [0.4, 0.5) is 11.5 Å². The Balaban J connectivity index is 2.01. The Morgan fingerprint density at radius 2 is 2.08 bits per heavy atom. The van der Waals surface area contributed by atoms with Gasteiger partial charge in [-0.2, -0.15) is 10.1 Å². The van der Waals surface area contributed by atoms with E-state index in [1.165, 1.54) is 6.20 Å². The lowest BCUT2D eigenvalue weighted by molar-refractivity contribution is 0.567. The molecule has 0 unspecified atom stereocenters. The molecular formula is C14H17Cl2N5O2S. The Hall–Kier alpha value is -1.38. The van der Waals surface area contributed by atoms with E-state index in [4.69, 9.17) is 23.2 Å². The predicted molar refractivity (Wildman–Crippen MR) is 92.7 cm³/mol. The van der Waals surface area contributed by atoms with Gasteiger partial charge >= 0.3 is 0 Å². The number of nitrogens with zero attached hydrogens (tertiary/aromatic N) is 4. The van der Waals surface area contributed by atoms with E-state index in [1.54, 1.807) is 10.9 Å². The van der Waals surface area contributed by atoms with Gasteiger partial charge in [0, 0.05) is 0 Å². The van der Waals surface area contributed by atoms with Crippen LogP contribution in [-0.4, -0.2) is 33.9 Å². The molecule has 1 fully saturated rings. The molecule has 2 aromatic rings. The summed E-state index contributed by atoms with van der Waals surface area (Å²) in [6.07, 6.45) is 5.01. The summed E-state index contributed by atoms with van der Waals surface area (Å²) in [6, 6.07) is 0.248. The van der Waals surface area contributed by atoms with Crippen LogP contribution in [0.15, 0.2) is 17.4 Å². The summed E-state index contributed by atoms with van der Waals surface area (Å²) in [5.41, 5.74) is 0.346. The van der Waals surface area contributed by atoms with Crippen LogP contribution in [-0.2, 0) is 9.84 Å². The molecule has 24 heavy (non-hydrogen) atoms. The van der Waals surface area contributed by atoms with Gasteiger partial charge in [0.05, 0.1) is 29.9 Å². The third-order valence-corrected chi connectivity index (χ3v) is 5.89. The van der Waals surface area contributed by atoms with E-state index in [2.05, 4.69) is 20.4 Å². The van der Waals surface area contributed by atoms with Gasteiger partial charge in [-0.3, -0.25) is 4.68 Å². The van der Waals surface area contributed by atoms with Crippen LogP contribution < -0.4 is 5.32 Å². The highest BCUT2D eigenvalue weighted by Gasteiger charge is 2.30. The van der Waals surface area contributed by atoms with E-state index >= 15 is 0 Å². The summed E-state index contributed by atoms with van der Waals surface area (Å²) >= 11 is 11.8. The number of hydrogen-bond acceptors (Lipinski definition) is 6. The van der Waals surface area contributed by atoms with Gasteiger partial charge in [0.2, 0.25) is 10.3 Å². The monoisotopic (exact) mass is 389 g/mol. The molecule has 2 heterocycles. The summed E-state index contributed by atoms with van der Waals surface area (Å²) in [5.74, 6) is 0.251. The maximum Gasteiger partial charge on any atom is 0.224 e. The molecule has 1 saturated carbocycles. The Kier molecular flexibility index (Phi) is 4.72. The van der Waals surface area contributed by atoms with Crippen LogP contribution in [0.5, 0.6) is 0 Å². The van der Waals surface area contributed by atoms with Crippen molar-refractivity contribution >= 4 is 44.5 Å². The van der Waals surface area contributed by atoms with Crippen molar-refractivity contribution in [2.75, 3.05) is 11.1 Å². The standard InChI is InChI=1S/C14H17Cl2N5O2S/c1-8(2)7-24(22,23)13-11(6-21(20-13)9-3-4-9)18-12-10(15)5-17-14(16)19-12/h5-6,8-9H,3-4,7H2,1-2H3,(H,17,18,19). The SMILES string of the molecule is CC(C)CS(=O)(=O)c1nn(C2CC2)cc1Nc1nc(Cl)ncc1Cl. The molecule has 0 saturated heterocycles. The Morgan fingerprint density at radius 3 is 2.71 bits per heavy atom. The molecule has 10 heteroatoms. The van der Waals surface area contributed by atoms with Crippen LogP contribution in [0, 0.1) is 5.92 Å². The molecule has 3 rings (SSSR count). The molecule has 1 N–H and O–H groups in total. The molecular weight excluding hydrogens is 373 g/mol. The summed E-state index contributed by atoms with van der Waals surface area (Å²) in [7, 11) is -3.53. The second-order valence-electron chi connectivity index (χ2n) is 6.19. The maximum atomic E-state index is 12.7. The van der Waals surface area contributed by atoms with Gasteiger partial charge in [-0.15, -0.1) is 0 Å². The molecule has 0 spiro atoms. The molecule has 0 aromatic carbocycles. The minimum atomic E-state index is -3.53. The molecule has 1 aliphatic carbocycles. The Morgan fingerprint density at radius 1 is 1.38 bits per heavy atom. The topological polar surface area (TPSA) is 89.8 Å². The first-order valence-corrected chi connectivity index (χ1v) is 9.94. The minimum absolute atomic E-state index is 0.00824. The van der Waals surface area contributed by atoms with Crippen molar-refractivity contribution in [1.82, 2.24) is 19.7 Å². The summed E-state index contributed by atoms with van der Waals surface area (Å²) in [4.78, 5) is 7.78. The lowest BCUT2D eigenvalue weighted by Crippen LogP contribution is -2.14. The summed E-state index contributed by atoms with van der Waals surface area (Å²) in [5, 5.41) is 7.49. The molecule has 0 atom stereocenters. The van der Waals surface area contributed by atoms with Crippen molar-refractivity contribution in [1.29, 1.82) is 0 Å². The number of sulfone groups is 1. The minimum Gasteiger partial charge on any atom is -0.335 e. The third-order valence-electron chi connectivity index (χ3n) is 3.43. The van der Waals surface area contributed by atoms with E-state index in [0.29, 0.717) is 5.69 Å². The number of rotatable bonds is 6. The number of aromatic nitrogens is 4. The molecule has 130 valence electrons. The molecule has 0 aliphatic heterocycles. The predicted octanol–water partition coefficient (Wildman–Crippen LogP) is 3.49. The van der Waals surface area contributed by atoms with Gasteiger partial charge in [0.1, 0.15) is 5.02 Å². The first-order valence-electron chi connectivity index (χ1n) is 7.53. The van der Waals surface area contributed by atoms with Crippen molar-refractivity contribution in [3.8, 4) is 0 Å². The van der Waals surface area contributed by atoms with E-state index in [-0.39, 0.29) is 38.9 Å². The fourth-order valence-corrected chi connectivity index (χ4v) is 4.26. The molecule has 0 radical (unpaired) electrons. The first-order chi connectivity index (χ1) is 11.3. The van der Waals surface area contributed by atoms with Crippen LogP contribution >= 0.6 is 23.2 Å². The van der Waals surface area contributed by atoms with Crippen LogP contribution in [0.3, 0.4) is 0 Å². The van der Waals surface area contributed by atoms with Crippen LogP contribution in [0.2, 0.25) is 10.3 Å². The fourth-order valence-electron chi connectivity index (χ4n) is 2.30. The second kappa shape index (κ2) is 6.50. The zero-order valence-corrected chi connectivity index (χ0v) is 15.5. The van der Waals surface area contributed by atoms with E-state index in [9.17, 15) is 8.42 Å². The van der Waals surface area contributed by atoms with Gasteiger partial charge in [-0.1, -0.05) is 25.4 Å². The summed E-state index contributed by atoms with van der Waals surface area (Å²) in [6.45, 7) is 3.70. The molecule has 0 bridgehead atoms. The second-order valence-corrected chi connectivity index (χ2v) is 8.89. The van der Waals surface area contributed by atoms with Crippen molar-refractivity contribution < 1.29 is 8.42 Å². The first kappa shape index (κ1) is 17.4. The van der Waals surface area contributed by atoms with E-state index in [1.807, 2.05) is 13.8 Å². The average molecular weight is 390 g/mol. The van der Waals surface area contributed by atoms with Crippen molar-refractivity contribution in [2.24, 2.45) is 5.92 Å². The van der Waals surface area contributed by atoms with Crippen molar-refractivity contribution in [3.05, 3.63) is 22.7 Å². The Bertz CT molecular complexity index is 862. The van der Waals surface area contributed by atoms with Gasteiger partial charge in [-0.25, -0.2) is 13.4 Å². The van der Waals surface area contributed by atoms with Gasteiger partial charge in [-0.05, 0) is 30.4 Å². The largest absolute Gasteiger partial charge is 0.335 e. The Labute approximate surface area is 150 Å². The summed E-state index contributed by atoms with van der Waals surface area (Å²) < 4.78 is 27.0. The fraction of sp³-hybridized carbons (Fsp3) is 0.500. The van der Waals surface area contributed by atoms with Crippen molar-refractivity contribution in [3.63, 3.8) is 0 Å². The zero-order chi connectivity index (χ0) is 17.5. The highest BCUT2D eigenvalue weighted by atomic mass is 35.5. The van der Waals surface area contributed by atoms with Crippen LogP contribution in [0.1, 0.15) is 32.7 Å². The van der Waals surface area contributed by atoms with Crippen LogP contribution in [0.25, 0.3) is 0 Å². The van der Waals surface area contributed by atoms with Gasteiger partial charge in [0.15, 0.2) is 15.7 Å². The van der Waals surface area contributed by atoms with E-state index in [0.717, 1.165) is 12.8 Å². The smallest absolute Gasteiger partial charge is 0.224 e.